The fourth-order valence-corrected chi connectivity index (χ4v) is 1.53. The number of halogens is 1. The topological polar surface area (TPSA) is 46.5 Å². The molecule has 0 saturated carbocycles. The third-order valence-corrected chi connectivity index (χ3v) is 2.45. The molecule has 0 aliphatic rings. The fraction of sp³-hybridized carbons (Fsp3) is 0.364. The molecule has 0 spiro atoms. The van der Waals surface area contributed by atoms with Crippen LogP contribution in [0.2, 0.25) is 5.02 Å². The van der Waals surface area contributed by atoms with Crippen LogP contribution in [0, 0.1) is 0 Å². The molecule has 0 heterocycles. The molecule has 1 unspecified atom stereocenters. The zero-order valence-electron chi connectivity index (χ0n) is 8.66. The summed E-state index contributed by atoms with van der Waals surface area (Å²) in [5, 5.41) is 9.64. The normalized spacial score (nSPS) is 14.6. The van der Waals surface area contributed by atoms with Crippen LogP contribution in [0.25, 0.3) is 0 Å². The lowest BCUT2D eigenvalue weighted by molar-refractivity contribution is -0.164. The highest BCUT2D eigenvalue weighted by molar-refractivity contribution is 6.30. The van der Waals surface area contributed by atoms with Crippen molar-refractivity contribution in [3.8, 4) is 0 Å². The quantitative estimate of drug-likeness (QED) is 0.862. The van der Waals surface area contributed by atoms with E-state index in [4.69, 9.17) is 21.4 Å². The number of ether oxygens (including phenoxy) is 1. The molecule has 15 heavy (non-hydrogen) atoms. The van der Waals surface area contributed by atoms with E-state index in [1.165, 1.54) is 6.92 Å². The molecule has 4 heteroatoms. The van der Waals surface area contributed by atoms with Gasteiger partial charge in [-0.25, -0.2) is 4.79 Å². The smallest absolute Gasteiger partial charge is 0.340 e. The predicted octanol–water partition coefficient (Wildman–Crippen LogP) is 2.68. The van der Waals surface area contributed by atoms with Gasteiger partial charge in [0.1, 0.15) is 0 Å². The van der Waals surface area contributed by atoms with Crippen LogP contribution in [0.5, 0.6) is 0 Å². The summed E-state index contributed by atoms with van der Waals surface area (Å²) < 4.78 is 5.27. The Bertz CT molecular complexity index is 365. The summed E-state index contributed by atoms with van der Waals surface area (Å²) in [5.74, 6) is -1.02. The van der Waals surface area contributed by atoms with Crippen molar-refractivity contribution in [3.05, 3.63) is 34.9 Å². The third kappa shape index (κ3) is 2.49. The van der Waals surface area contributed by atoms with Crippen molar-refractivity contribution in [1.82, 2.24) is 0 Å². The van der Waals surface area contributed by atoms with E-state index >= 15 is 0 Å². The van der Waals surface area contributed by atoms with Gasteiger partial charge in [0.15, 0.2) is 5.60 Å². The summed E-state index contributed by atoms with van der Waals surface area (Å²) in [6.07, 6.45) is 0. The summed E-state index contributed by atoms with van der Waals surface area (Å²) in [6, 6.07) is 6.69. The van der Waals surface area contributed by atoms with Gasteiger partial charge in [0.2, 0.25) is 0 Å². The highest BCUT2D eigenvalue weighted by Crippen LogP contribution is 2.27. The second-order valence-corrected chi connectivity index (χ2v) is 3.72. The standard InChI is InChI=1S/C11H13ClO3/c1-3-15-11(2,10(13)14)8-5-4-6-9(12)7-8/h4-7H,3H2,1-2H3,(H,13,14). The first-order valence-corrected chi connectivity index (χ1v) is 5.02. The Kier molecular flexibility index (Phi) is 3.72. The minimum Gasteiger partial charge on any atom is -0.479 e. The van der Waals surface area contributed by atoms with Crippen molar-refractivity contribution in [1.29, 1.82) is 0 Å². The average molecular weight is 229 g/mol. The van der Waals surface area contributed by atoms with Crippen molar-refractivity contribution in [3.63, 3.8) is 0 Å². The number of carboxylic acid groups (broad SMARTS) is 1. The van der Waals surface area contributed by atoms with Crippen molar-refractivity contribution in [2.45, 2.75) is 19.4 Å². The van der Waals surface area contributed by atoms with E-state index in [-0.39, 0.29) is 0 Å². The Hall–Kier alpha value is -1.06. The van der Waals surface area contributed by atoms with Gasteiger partial charge in [-0.15, -0.1) is 0 Å². The SMILES string of the molecule is CCOC(C)(C(=O)O)c1cccc(Cl)c1. The lowest BCUT2D eigenvalue weighted by atomic mass is 9.96. The summed E-state index contributed by atoms with van der Waals surface area (Å²) >= 11 is 5.81. The third-order valence-electron chi connectivity index (χ3n) is 2.22. The van der Waals surface area contributed by atoms with E-state index < -0.39 is 11.6 Å². The summed E-state index contributed by atoms with van der Waals surface area (Å²) in [4.78, 5) is 11.2. The van der Waals surface area contributed by atoms with Gasteiger partial charge in [-0.3, -0.25) is 0 Å². The Morgan fingerprint density at radius 3 is 2.73 bits per heavy atom. The summed E-state index contributed by atoms with van der Waals surface area (Å²) in [5.41, 5.74) is -0.788. The number of hydrogen-bond donors (Lipinski definition) is 1. The van der Waals surface area contributed by atoms with Crippen molar-refractivity contribution >= 4 is 17.6 Å². The Morgan fingerprint density at radius 1 is 1.60 bits per heavy atom. The molecule has 0 saturated heterocycles. The maximum absolute atomic E-state index is 11.2. The second kappa shape index (κ2) is 4.64. The van der Waals surface area contributed by atoms with Gasteiger partial charge in [-0.2, -0.15) is 0 Å². The molecule has 0 aromatic heterocycles. The van der Waals surface area contributed by atoms with Crippen LogP contribution in [0.4, 0.5) is 0 Å². The van der Waals surface area contributed by atoms with E-state index in [2.05, 4.69) is 0 Å². The second-order valence-electron chi connectivity index (χ2n) is 3.28. The van der Waals surface area contributed by atoms with E-state index in [1.807, 2.05) is 0 Å². The first-order valence-electron chi connectivity index (χ1n) is 4.64. The number of carboxylic acids is 1. The molecule has 1 atom stereocenters. The van der Waals surface area contributed by atoms with E-state index in [0.29, 0.717) is 17.2 Å². The van der Waals surface area contributed by atoms with Gasteiger partial charge in [0, 0.05) is 11.6 Å². The number of rotatable bonds is 4. The zero-order chi connectivity index (χ0) is 11.5. The lowest BCUT2D eigenvalue weighted by Crippen LogP contribution is -2.35. The van der Waals surface area contributed by atoms with Gasteiger partial charge in [0.25, 0.3) is 0 Å². The summed E-state index contributed by atoms with van der Waals surface area (Å²) in [7, 11) is 0. The van der Waals surface area contributed by atoms with Crippen LogP contribution < -0.4 is 0 Å². The van der Waals surface area contributed by atoms with Gasteiger partial charge in [-0.05, 0) is 31.5 Å². The Balaban J connectivity index is 3.15. The van der Waals surface area contributed by atoms with Crippen LogP contribution in [0.3, 0.4) is 0 Å². The first-order chi connectivity index (χ1) is 7.00. The largest absolute Gasteiger partial charge is 0.479 e. The number of benzene rings is 1. The molecule has 0 aliphatic heterocycles. The minimum absolute atomic E-state index is 0.329. The fourth-order valence-electron chi connectivity index (χ4n) is 1.34. The first kappa shape index (κ1) is 12.0. The zero-order valence-corrected chi connectivity index (χ0v) is 9.41. The molecular weight excluding hydrogens is 216 g/mol. The van der Waals surface area contributed by atoms with Crippen LogP contribution in [-0.4, -0.2) is 17.7 Å². The lowest BCUT2D eigenvalue weighted by Gasteiger charge is -2.25. The molecule has 1 aromatic carbocycles. The highest BCUT2D eigenvalue weighted by Gasteiger charge is 2.35. The maximum Gasteiger partial charge on any atom is 0.340 e. The average Bonchev–Trinajstić information content (AvgIpc) is 2.17. The summed E-state index contributed by atoms with van der Waals surface area (Å²) in [6.45, 7) is 3.60. The Morgan fingerprint density at radius 2 is 2.27 bits per heavy atom. The number of aliphatic carboxylic acids is 1. The molecule has 1 N–H and O–H groups in total. The molecule has 0 aliphatic carbocycles. The van der Waals surface area contributed by atoms with Crippen LogP contribution >= 0.6 is 11.6 Å². The molecule has 82 valence electrons. The van der Waals surface area contributed by atoms with Crippen LogP contribution in [0.15, 0.2) is 24.3 Å². The van der Waals surface area contributed by atoms with E-state index in [1.54, 1.807) is 31.2 Å². The van der Waals surface area contributed by atoms with E-state index in [0.717, 1.165) is 0 Å². The van der Waals surface area contributed by atoms with Crippen molar-refractivity contribution < 1.29 is 14.6 Å². The molecule has 1 aromatic rings. The van der Waals surface area contributed by atoms with E-state index in [9.17, 15) is 4.79 Å². The predicted molar refractivity (Wildman–Crippen MR) is 58.1 cm³/mol. The Labute approximate surface area is 93.6 Å². The molecule has 1 rings (SSSR count). The van der Waals surface area contributed by atoms with Gasteiger partial charge in [-0.1, -0.05) is 23.7 Å². The van der Waals surface area contributed by atoms with Gasteiger partial charge < -0.3 is 9.84 Å². The number of hydrogen-bond acceptors (Lipinski definition) is 2. The minimum atomic E-state index is -1.33. The molecular formula is C11H13ClO3. The van der Waals surface area contributed by atoms with Gasteiger partial charge >= 0.3 is 5.97 Å². The van der Waals surface area contributed by atoms with Crippen molar-refractivity contribution in [2.24, 2.45) is 0 Å². The molecule has 0 fully saturated rings. The van der Waals surface area contributed by atoms with Gasteiger partial charge in [0.05, 0.1) is 0 Å². The van der Waals surface area contributed by atoms with Crippen molar-refractivity contribution in [2.75, 3.05) is 6.61 Å². The molecule has 0 bridgehead atoms. The highest BCUT2D eigenvalue weighted by atomic mass is 35.5. The van der Waals surface area contributed by atoms with Crippen LogP contribution in [-0.2, 0) is 15.1 Å². The molecule has 0 amide bonds. The van der Waals surface area contributed by atoms with Crippen LogP contribution in [0.1, 0.15) is 19.4 Å². The number of carbonyl (C=O) groups is 1. The molecule has 0 radical (unpaired) electrons. The molecule has 3 nitrogen and oxygen atoms in total. The maximum atomic E-state index is 11.2. The monoisotopic (exact) mass is 228 g/mol.